The lowest BCUT2D eigenvalue weighted by atomic mass is 9.86. The number of carbonyl (C=O) groups excluding carboxylic acids is 1. The lowest BCUT2D eigenvalue weighted by Gasteiger charge is -2.31. The summed E-state index contributed by atoms with van der Waals surface area (Å²) in [6.07, 6.45) is 2.93. The van der Waals surface area contributed by atoms with Gasteiger partial charge >= 0.3 is 0 Å². The second-order valence-corrected chi connectivity index (χ2v) is 5.95. The van der Waals surface area contributed by atoms with E-state index >= 15 is 0 Å². The number of hydrogen-bond donors (Lipinski definition) is 2. The van der Waals surface area contributed by atoms with Crippen LogP contribution in [0.25, 0.3) is 0 Å². The second kappa shape index (κ2) is 6.48. The van der Waals surface area contributed by atoms with Gasteiger partial charge in [-0.15, -0.1) is 0 Å². The molecule has 1 unspecified atom stereocenters. The highest BCUT2D eigenvalue weighted by atomic mass is 32.1. The fraction of sp³-hybridized carbons (Fsp3) is 0.846. The first-order valence-electron chi connectivity index (χ1n) is 6.67. The Labute approximate surface area is 115 Å². The van der Waals surface area contributed by atoms with E-state index < -0.39 is 5.41 Å². The highest BCUT2D eigenvalue weighted by Gasteiger charge is 2.34. The van der Waals surface area contributed by atoms with E-state index in [-0.39, 0.29) is 10.9 Å². The van der Waals surface area contributed by atoms with Crippen LogP contribution >= 0.6 is 12.2 Å². The van der Waals surface area contributed by atoms with Crippen LogP contribution in [0.5, 0.6) is 0 Å². The number of hydrogen-bond acceptors (Lipinski definition) is 3. The number of amides is 1. The van der Waals surface area contributed by atoms with Crippen molar-refractivity contribution in [3.8, 4) is 0 Å². The van der Waals surface area contributed by atoms with E-state index in [1.54, 1.807) is 0 Å². The van der Waals surface area contributed by atoms with Gasteiger partial charge in [0, 0.05) is 6.54 Å². The Morgan fingerprint density at radius 2 is 2.06 bits per heavy atom. The third-order valence-electron chi connectivity index (χ3n) is 4.14. The van der Waals surface area contributed by atoms with E-state index in [0.29, 0.717) is 12.3 Å². The number of carbonyl (C=O) groups is 1. The maximum absolute atomic E-state index is 12.2. The monoisotopic (exact) mass is 271 g/mol. The molecule has 18 heavy (non-hydrogen) atoms. The Morgan fingerprint density at radius 1 is 1.50 bits per heavy atom. The summed E-state index contributed by atoms with van der Waals surface area (Å²) in [5.74, 6) is 0.550. The summed E-state index contributed by atoms with van der Waals surface area (Å²) in [5, 5.41) is 3.02. The standard InChI is InChI=1S/C13H25N3OS/c1-4-13(2,11(14)18)12(17)15-9-10-5-7-16(3)8-6-10/h10H,4-9H2,1-3H3,(H2,14,18)(H,15,17). The maximum atomic E-state index is 12.2. The van der Waals surface area contributed by atoms with Crippen molar-refractivity contribution in [2.45, 2.75) is 33.1 Å². The van der Waals surface area contributed by atoms with E-state index in [1.165, 1.54) is 0 Å². The Hall–Kier alpha value is -0.680. The Kier molecular flexibility index (Phi) is 5.53. The molecule has 1 fully saturated rings. The fourth-order valence-corrected chi connectivity index (χ4v) is 2.38. The van der Waals surface area contributed by atoms with Crippen molar-refractivity contribution in [1.82, 2.24) is 10.2 Å². The predicted molar refractivity (Wildman–Crippen MR) is 78.4 cm³/mol. The molecule has 0 spiro atoms. The smallest absolute Gasteiger partial charge is 0.232 e. The zero-order valence-electron chi connectivity index (χ0n) is 11.7. The van der Waals surface area contributed by atoms with Crippen LogP contribution in [0.1, 0.15) is 33.1 Å². The molecule has 0 aromatic carbocycles. The average molecular weight is 271 g/mol. The lowest BCUT2D eigenvalue weighted by Crippen LogP contribution is -2.48. The van der Waals surface area contributed by atoms with Crippen LogP contribution in [-0.2, 0) is 4.79 Å². The first kappa shape index (κ1) is 15.4. The van der Waals surface area contributed by atoms with Crippen LogP contribution in [0.15, 0.2) is 0 Å². The summed E-state index contributed by atoms with van der Waals surface area (Å²) in [7, 11) is 2.13. The van der Waals surface area contributed by atoms with Crippen molar-refractivity contribution >= 4 is 23.1 Å². The van der Waals surface area contributed by atoms with Crippen LogP contribution in [0.2, 0.25) is 0 Å². The first-order chi connectivity index (χ1) is 8.40. The van der Waals surface area contributed by atoms with Gasteiger partial charge < -0.3 is 16.0 Å². The van der Waals surface area contributed by atoms with Crippen LogP contribution in [0, 0.1) is 11.3 Å². The summed E-state index contributed by atoms with van der Waals surface area (Å²) in [5.41, 5.74) is 4.97. The molecule has 1 aliphatic rings. The molecule has 1 amide bonds. The highest BCUT2D eigenvalue weighted by Crippen LogP contribution is 2.22. The van der Waals surface area contributed by atoms with Crippen molar-refractivity contribution < 1.29 is 4.79 Å². The third-order valence-corrected chi connectivity index (χ3v) is 4.59. The fourth-order valence-electron chi connectivity index (χ4n) is 2.14. The van der Waals surface area contributed by atoms with Gasteiger partial charge in [0.25, 0.3) is 0 Å². The molecule has 5 heteroatoms. The van der Waals surface area contributed by atoms with Crippen molar-refractivity contribution in [3.63, 3.8) is 0 Å². The molecule has 1 heterocycles. The van der Waals surface area contributed by atoms with Gasteiger partial charge in [-0.25, -0.2) is 0 Å². The van der Waals surface area contributed by atoms with E-state index in [4.69, 9.17) is 18.0 Å². The number of nitrogens with one attached hydrogen (secondary N) is 1. The molecule has 0 aliphatic carbocycles. The van der Waals surface area contributed by atoms with Crippen LogP contribution in [0.3, 0.4) is 0 Å². The largest absolute Gasteiger partial charge is 0.392 e. The summed E-state index contributed by atoms with van der Waals surface area (Å²) in [6, 6.07) is 0. The zero-order chi connectivity index (χ0) is 13.8. The molecule has 0 aromatic rings. The molecule has 1 aliphatic heterocycles. The van der Waals surface area contributed by atoms with Gasteiger partial charge in [-0.05, 0) is 52.2 Å². The molecule has 1 rings (SSSR count). The molecule has 4 nitrogen and oxygen atoms in total. The first-order valence-corrected chi connectivity index (χ1v) is 7.07. The number of thiocarbonyl (C=S) groups is 1. The lowest BCUT2D eigenvalue weighted by molar-refractivity contribution is -0.127. The molecule has 1 saturated heterocycles. The molecule has 0 radical (unpaired) electrons. The number of rotatable bonds is 5. The number of piperidine rings is 1. The minimum atomic E-state index is -0.708. The summed E-state index contributed by atoms with van der Waals surface area (Å²) < 4.78 is 0. The Balaban J connectivity index is 2.43. The Morgan fingerprint density at radius 3 is 2.50 bits per heavy atom. The van der Waals surface area contributed by atoms with Gasteiger partial charge in [-0.1, -0.05) is 19.1 Å². The van der Waals surface area contributed by atoms with Crippen molar-refractivity contribution in [2.24, 2.45) is 17.1 Å². The molecule has 1 atom stereocenters. The van der Waals surface area contributed by atoms with E-state index in [9.17, 15) is 4.79 Å². The highest BCUT2D eigenvalue weighted by molar-refractivity contribution is 7.80. The van der Waals surface area contributed by atoms with Gasteiger partial charge in [-0.2, -0.15) is 0 Å². The topological polar surface area (TPSA) is 58.4 Å². The molecule has 0 bridgehead atoms. The molecule has 0 aromatic heterocycles. The molecular formula is C13H25N3OS. The molecule has 0 saturated carbocycles. The molecule has 104 valence electrons. The van der Waals surface area contributed by atoms with Crippen molar-refractivity contribution in [1.29, 1.82) is 0 Å². The van der Waals surface area contributed by atoms with Crippen LogP contribution < -0.4 is 11.1 Å². The van der Waals surface area contributed by atoms with Gasteiger partial charge in [0.2, 0.25) is 5.91 Å². The molecule has 3 N–H and O–H groups in total. The van der Waals surface area contributed by atoms with E-state index in [0.717, 1.165) is 32.5 Å². The second-order valence-electron chi connectivity index (χ2n) is 5.51. The summed E-state index contributed by atoms with van der Waals surface area (Å²) in [6.45, 7) is 6.72. The normalized spacial score (nSPS) is 21.3. The van der Waals surface area contributed by atoms with Gasteiger partial charge in [0.1, 0.15) is 0 Å². The van der Waals surface area contributed by atoms with Crippen molar-refractivity contribution in [3.05, 3.63) is 0 Å². The van der Waals surface area contributed by atoms with Crippen LogP contribution in [-0.4, -0.2) is 42.5 Å². The third kappa shape index (κ3) is 3.65. The number of nitrogens with two attached hydrogens (primary N) is 1. The minimum Gasteiger partial charge on any atom is -0.392 e. The van der Waals surface area contributed by atoms with Gasteiger partial charge in [0.05, 0.1) is 10.4 Å². The summed E-state index contributed by atoms with van der Waals surface area (Å²) >= 11 is 5.00. The number of nitrogens with zero attached hydrogens (tertiary/aromatic N) is 1. The summed E-state index contributed by atoms with van der Waals surface area (Å²) in [4.78, 5) is 14.8. The van der Waals surface area contributed by atoms with E-state index in [1.807, 2.05) is 13.8 Å². The predicted octanol–water partition coefficient (Wildman–Crippen LogP) is 1.15. The van der Waals surface area contributed by atoms with E-state index in [2.05, 4.69) is 17.3 Å². The quantitative estimate of drug-likeness (QED) is 0.736. The molecular weight excluding hydrogens is 246 g/mol. The minimum absolute atomic E-state index is 0.0311. The van der Waals surface area contributed by atoms with Gasteiger partial charge in [-0.3, -0.25) is 4.79 Å². The van der Waals surface area contributed by atoms with Gasteiger partial charge in [0.15, 0.2) is 0 Å². The number of likely N-dealkylation sites (tertiary alicyclic amines) is 1. The van der Waals surface area contributed by atoms with Crippen LogP contribution in [0.4, 0.5) is 0 Å². The zero-order valence-corrected chi connectivity index (χ0v) is 12.5. The maximum Gasteiger partial charge on any atom is 0.232 e. The van der Waals surface area contributed by atoms with Crippen molar-refractivity contribution in [2.75, 3.05) is 26.7 Å². The Bertz CT molecular complexity index is 313. The SMILES string of the molecule is CCC(C)(C(=O)NCC1CCN(C)CC1)C(N)=S. The average Bonchev–Trinajstić information content (AvgIpc) is 2.36.